The van der Waals surface area contributed by atoms with Crippen LogP contribution in [0.4, 0.5) is 0 Å². The van der Waals surface area contributed by atoms with E-state index in [-0.39, 0.29) is 29.6 Å². The van der Waals surface area contributed by atoms with Crippen LogP contribution >= 0.6 is 7.60 Å². The van der Waals surface area contributed by atoms with Crippen molar-refractivity contribution in [3.63, 3.8) is 0 Å². The summed E-state index contributed by atoms with van der Waals surface area (Å²) in [6.45, 7) is 0. The Morgan fingerprint density at radius 3 is 2.06 bits per heavy atom. The number of carboxylic acid groups (broad SMARTS) is 2. The molecule has 0 amide bonds. The molecule has 17 heavy (non-hydrogen) atoms. The summed E-state index contributed by atoms with van der Waals surface area (Å²) in [5.74, 6) is -3.00. The zero-order chi connectivity index (χ0) is 12.5. The van der Waals surface area contributed by atoms with Crippen molar-refractivity contribution in [2.24, 2.45) is 0 Å². The molecule has 0 aromatic heterocycles. The molecule has 3 N–H and O–H groups in total. The first-order valence-electron chi connectivity index (χ1n) is 3.88. The van der Waals surface area contributed by atoms with Gasteiger partial charge in [-0.2, -0.15) is 0 Å². The molecule has 9 heteroatoms. The first-order valence-corrected chi connectivity index (χ1v) is 5.46. The normalized spacial score (nSPS) is 13.3. The Morgan fingerprint density at radius 1 is 1.18 bits per heavy atom. The van der Waals surface area contributed by atoms with E-state index in [1.54, 1.807) is 0 Å². The van der Waals surface area contributed by atoms with Crippen molar-refractivity contribution in [1.82, 2.24) is 0 Å². The van der Waals surface area contributed by atoms with Crippen LogP contribution < -0.4 is 39.8 Å². The van der Waals surface area contributed by atoms with Gasteiger partial charge in [-0.3, -0.25) is 0 Å². The third-order valence-electron chi connectivity index (χ3n) is 1.78. The van der Waals surface area contributed by atoms with Gasteiger partial charge in [0, 0.05) is 5.30 Å². The Hall–Kier alpha value is -0.690. The van der Waals surface area contributed by atoms with Crippen molar-refractivity contribution < 1.29 is 63.7 Å². The van der Waals surface area contributed by atoms with E-state index in [2.05, 4.69) is 0 Å². The second kappa shape index (κ2) is 5.77. The minimum absolute atomic E-state index is 0. The van der Waals surface area contributed by atoms with E-state index >= 15 is 0 Å². The van der Waals surface area contributed by atoms with E-state index in [9.17, 15) is 19.0 Å². The summed E-state index contributed by atoms with van der Waals surface area (Å²) in [6.07, 6.45) is 0. The Kier molecular flexibility index (Phi) is 5.54. The zero-order valence-corrected chi connectivity index (χ0v) is 11.5. The quantitative estimate of drug-likeness (QED) is 0.378. The molecule has 0 fully saturated rings. The molecule has 1 unspecified atom stereocenters. The molecule has 1 atom stereocenters. The van der Waals surface area contributed by atoms with Gasteiger partial charge in [-0.15, -0.1) is 0 Å². The van der Waals surface area contributed by atoms with Gasteiger partial charge >= 0.3 is 41.5 Å². The maximum atomic E-state index is 10.9. The van der Waals surface area contributed by atoms with Crippen LogP contribution in [0.3, 0.4) is 0 Å². The van der Waals surface area contributed by atoms with Crippen molar-refractivity contribution in [3.05, 3.63) is 29.3 Å². The monoisotopic (exact) mass is 268 g/mol. The van der Waals surface area contributed by atoms with Crippen LogP contribution in [-0.4, -0.2) is 27.0 Å². The molecular weight excluding hydrogens is 262 g/mol. The average molecular weight is 268 g/mol. The van der Waals surface area contributed by atoms with Gasteiger partial charge in [-0.05, 0) is 18.2 Å². The number of aromatic carboxylic acids is 2. The molecule has 0 spiro atoms. The smallest absolute Gasteiger partial charge is 0.775 e. The van der Waals surface area contributed by atoms with Crippen molar-refractivity contribution >= 4 is 24.8 Å². The molecule has 0 radical (unpaired) electrons. The summed E-state index contributed by atoms with van der Waals surface area (Å²) in [6, 6.07) is 2.34. The van der Waals surface area contributed by atoms with Crippen LogP contribution in [0.2, 0.25) is 0 Å². The van der Waals surface area contributed by atoms with Gasteiger partial charge in [0.1, 0.15) is 0 Å². The maximum absolute atomic E-state index is 10.9. The molecule has 1 rings (SSSR count). The van der Waals surface area contributed by atoms with Gasteiger partial charge < -0.3 is 24.6 Å². The molecule has 1 aromatic carbocycles. The zero-order valence-electron chi connectivity index (χ0n) is 8.65. The third kappa shape index (κ3) is 3.92. The van der Waals surface area contributed by atoms with Crippen molar-refractivity contribution in [1.29, 1.82) is 0 Å². The third-order valence-corrected chi connectivity index (χ3v) is 2.76. The largest absolute Gasteiger partial charge is 1.00 e. The van der Waals surface area contributed by atoms with E-state index in [0.717, 1.165) is 12.1 Å². The maximum Gasteiger partial charge on any atom is 1.00 e. The molecule has 1 aromatic rings. The molecule has 0 aliphatic rings. The van der Waals surface area contributed by atoms with E-state index in [1.807, 2.05) is 0 Å². The minimum atomic E-state index is -5.07. The number of carbonyl (C=O) groups is 2. The predicted octanol–water partition coefficient (Wildman–Crippen LogP) is -3.74. The predicted molar refractivity (Wildman–Crippen MR) is 49.8 cm³/mol. The summed E-state index contributed by atoms with van der Waals surface area (Å²) in [7, 11) is -5.07. The van der Waals surface area contributed by atoms with Gasteiger partial charge in [0.05, 0.1) is 11.1 Å². The van der Waals surface area contributed by atoms with Crippen LogP contribution in [-0.2, 0) is 4.57 Å². The van der Waals surface area contributed by atoms with E-state index in [0.29, 0.717) is 6.07 Å². The van der Waals surface area contributed by atoms with Gasteiger partial charge in [-0.1, -0.05) is 0 Å². The summed E-state index contributed by atoms with van der Waals surface area (Å²) >= 11 is 0. The molecule has 0 aliphatic heterocycles. The minimum Gasteiger partial charge on any atom is -0.775 e. The molecule has 0 saturated carbocycles. The summed E-state index contributed by atoms with van der Waals surface area (Å²) in [5, 5.41) is 16.3. The molecule has 0 heterocycles. The van der Waals surface area contributed by atoms with Gasteiger partial charge in [0.2, 0.25) is 0 Å². The Morgan fingerprint density at radius 2 is 1.71 bits per heavy atom. The van der Waals surface area contributed by atoms with Gasteiger partial charge in [0.25, 0.3) is 0 Å². The number of benzene rings is 1. The second-order valence-corrected chi connectivity index (χ2v) is 4.39. The molecule has 7 nitrogen and oxygen atoms in total. The number of carboxylic acids is 2. The average Bonchev–Trinajstić information content (AvgIpc) is 2.15. The fraction of sp³-hybridized carbons (Fsp3) is 0. The molecule has 0 saturated heterocycles. The molecular formula is C8H6NaO7P. The van der Waals surface area contributed by atoms with Crippen LogP contribution in [0.15, 0.2) is 18.2 Å². The number of hydrogen-bond donors (Lipinski definition) is 3. The Bertz CT molecular complexity index is 507. The first kappa shape index (κ1) is 16.3. The van der Waals surface area contributed by atoms with Crippen LogP contribution in [0, 0.1) is 0 Å². The Balaban J connectivity index is 0.00000256. The topological polar surface area (TPSA) is 135 Å². The summed E-state index contributed by atoms with van der Waals surface area (Å²) < 4.78 is 10.9. The van der Waals surface area contributed by atoms with Crippen LogP contribution in [0.5, 0.6) is 0 Å². The fourth-order valence-corrected chi connectivity index (χ4v) is 1.86. The molecule has 0 bridgehead atoms. The Labute approximate surface area is 118 Å². The fourth-order valence-electron chi connectivity index (χ4n) is 1.08. The number of hydrogen-bond acceptors (Lipinski definition) is 4. The van der Waals surface area contributed by atoms with Crippen molar-refractivity contribution in [2.75, 3.05) is 0 Å². The van der Waals surface area contributed by atoms with E-state index in [1.165, 1.54) is 0 Å². The van der Waals surface area contributed by atoms with E-state index in [4.69, 9.17) is 15.1 Å². The first-order chi connectivity index (χ1) is 7.23. The number of rotatable bonds is 3. The van der Waals surface area contributed by atoms with Crippen molar-refractivity contribution in [2.45, 2.75) is 0 Å². The van der Waals surface area contributed by atoms with Gasteiger partial charge in [-0.25, -0.2) is 9.59 Å². The standard InChI is InChI=1S/C8H7O7P.Na/c9-7(10)4-1-2-5(8(11)12)6(3-4)16(13,14)15;/h1-3H,(H,9,10)(H,11,12)(H2,13,14,15);/q;+1/p-1. The molecule has 0 aliphatic carbocycles. The molecule has 86 valence electrons. The van der Waals surface area contributed by atoms with Crippen LogP contribution in [0.1, 0.15) is 20.7 Å². The van der Waals surface area contributed by atoms with Gasteiger partial charge in [0.15, 0.2) is 7.60 Å². The summed E-state index contributed by atoms with van der Waals surface area (Å²) in [4.78, 5) is 40.8. The van der Waals surface area contributed by atoms with Crippen molar-refractivity contribution in [3.8, 4) is 0 Å². The van der Waals surface area contributed by atoms with Crippen LogP contribution in [0.25, 0.3) is 0 Å². The SMILES string of the molecule is O=C(O)c1ccc(C(=O)O)c(P(=O)([O-])O)c1.[Na+]. The summed E-state index contributed by atoms with van der Waals surface area (Å²) in [5.41, 5.74) is -1.10. The second-order valence-electron chi connectivity index (χ2n) is 2.86. The van der Waals surface area contributed by atoms with E-state index < -0.39 is 36.0 Å².